The SMILES string of the molecule is CCCC(NC(=O)c1ccccc1CC)/C(N)=N/O. The summed E-state index contributed by atoms with van der Waals surface area (Å²) in [6, 6.07) is 7.00. The lowest BCUT2D eigenvalue weighted by Crippen LogP contribution is -2.44. The molecule has 0 heterocycles. The highest BCUT2D eigenvalue weighted by atomic mass is 16.4. The van der Waals surface area contributed by atoms with Crippen LogP contribution in [0.15, 0.2) is 29.4 Å². The van der Waals surface area contributed by atoms with Gasteiger partial charge >= 0.3 is 0 Å². The van der Waals surface area contributed by atoms with Crippen LogP contribution in [-0.4, -0.2) is 23.0 Å². The topological polar surface area (TPSA) is 87.7 Å². The Bertz CT molecular complexity index is 458. The van der Waals surface area contributed by atoms with Crippen molar-refractivity contribution < 1.29 is 10.0 Å². The molecule has 1 aromatic rings. The van der Waals surface area contributed by atoms with Crippen molar-refractivity contribution in [3.8, 4) is 0 Å². The molecule has 1 amide bonds. The van der Waals surface area contributed by atoms with Crippen molar-refractivity contribution in [3.63, 3.8) is 0 Å². The number of nitrogens with zero attached hydrogens (tertiary/aromatic N) is 1. The van der Waals surface area contributed by atoms with E-state index >= 15 is 0 Å². The third-order valence-corrected chi connectivity index (χ3v) is 3.00. The first-order chi connectivity index (χ1) is 9.13. The van der Waals surface area contributed by atoms with Crippen molar-refractivity contribution in [1.29, 1.82) is 0 Å². The van der Waals surface area contributed by atoms with Crippen LogP contribution in [0.1, 0.15) is 42.6 Å². The smallest absolute Gasteiger partial charge is 0.252 e. The van der Waals surface area contributed by atoms with E-state index in [0.717, 1.165) is 18.4 Å². The number of carbonyl (C=O) groups is 1. The summed E-state index contributed by atoms with van der Waals surface area (Å²) in [5.74, 6) is -0.160. The fourth-order valence-electron chi connectivity index (χ4n) is 1.94. The number of benzene rings is 1. The zero-order valence-corrected chi connectivity index (χ0v) is 11.4. The number of amidine groups is 1. The lowest BCUT2D eigenvalue weighted by molar-refractivity contribution is 0.0944. The molecule has 0 aromatic heterocycles. The van der Waals surface area contributed by atoms with E-state index in [4.69, 9.17) is 10.9 Å². The second-order valence-electron chi connectivity index (χ2n) is 4.35. The molecule has 5 heteroatoms. The largest absolute Gasteiger partial charge is 0.409 e. The van der Waals surface area contributed by atoms with Gasteiger partial charge in [0.1, 0.15) is 0 Å². The average molecular weight is 263 g/mol. The van der Waals surface area contributed by atoms with Gasteiger partial charge < -0.3 is 16.3 Å². The van der Waals surface area contributed by atoms with E-state index in [1.54, 1.807) is 6.07 Å². The highest BCUT2D eigenvalue weighted by Gasteiger charge is 2.18. The first kappa shape index (κ1) is 15.0. The van der Waals surface area contributed by atoms with Gasteiger partial charge in [0.25, 0.3) is 5.91 Å². The van der Waals surface area contributed by atoms with Crippen LogP contribution in [0.3, 0.4) is 0 Å². The maximum absolute atomic E-state index is 12.2. The van der Waals surface area contributed by atoms with Crippen LogP contribution in [-0.2, 0) is 6.42 Å². The molecular formula is C14H21N3O2. The third-order valence-electron chi connectivity index (χ3n) is 3.00. The molecule has 5 nitrogen and oxygen atoms in total. The second kappa shape index (κ2) is 7.41. The van der Waals surface area contributed by atoms with E-state index in [1.165, 1.54) is 0 Å². The lowest BCUT2D eigenvalue weighted by atomic mass is 10.0. The van der Waals surface area contributed by atoms with Crippen LogP contribution in [0, 0.1) is 0 Å². The molecule has 4 N–H and O–H groups in total. The van der Waals surface area contributed by atoms with E-state index in [9.17, 15) is 4.79 Å². The number of aryl methyl sites for hydroxylation is 1. The molecule has 0 aliphatic rings. The number of oxime groups is 1. The Balaban J connectivity index is 2.87. The molecule has 1 atom stereocenters. The van der Waals surface area contributed by atoms with E-state index in [2.05, 4.69) is 10.5 Å². The molecule has 0 fully saturated rings. The minimum atomic E-state index is -0.438. The van der Waals surface area contributed by atoms with E-state index in [0.29, 0.717) is 12.0 Å². The predicted molar refractivity (Wildman–Crippen MR) is 75.4 cm³/mol. The Kier molecular flexibility index (Phi) is 5.85. The minimum Gasteiger partial charge on any atom is -0.409 e. The van der Waals surface area contributed by atoms with Crippen LogP contribution in [0.25, 0.3) is 0 Å². The third kappa shape index (κ3) is 3.98. The molecule has 0 aliphatic heterocycles. The predicted octanol–water partition coefficient (Wildman–Crippen LogP) is 1.89. The Hall–Kier alpha value is -2.04. The molecule has 0 spiro atoms. The van der Waals surface area contributed by atoms with Gasteiger partial charge in [-0.2, -0.15) is 0 Å². The zero-order chi connectivity index (χ0) is 14.3. The van der Waals surface area contributed by atoms with Gasteiger partial charge in [0.05, 0.1) is 6.04 Å². The number of carbonyl (C=O) groups excluding carboxylic acids is 1. The number of hydrogen-bond acceptors (Lipinski definition) is 3. The van der Waals surface area contributed by atoms with Gasteiger partial charge in [0.2, 0.25) is 0 Å². The van der Waals surface area contributed by atoms with Gasteiger partial charge in [-0.3, -0.25) is 4.79 Å². The quantitative estimate of drug-likeness (QED) is 0.317. The summed E-state index contributed by atoms with van der Waals surface area (Å²) in [6.45, 7) is 3.98. The first-order valence-corrected chi connectivity index (χ1v) is 6.50. The maximum Gasteiger partial charge on any atom is 0.252 e. The van der Waals surface area contributed by atoms with E-state index in [-0.39, 0.29) is 11.7 Å². The Labute approximate surface area is 113 Å². The van der Waals surface area contributed by atoms with E-state index in [1.807, 2.05) is 32.0 Å². The maximum atomic E-state index is 12.2. The molecule has 1 rings (SSSR count). The number of nitrogens with two attached hydrogens (primary N) is 1. The van der Waals surface area contributed by atoms with Crippen molar-refractivity contribution >= 4 is 11.7 Å². The summed E-state index contributed by atoms with van der Waals surface area (Å²) in [7, 11) is 0. The van der Waals surface area contributed by atoms with Gasteiger partial charge in [0, 0.05) is 5.56 Å². The van der Waals surface area contributed by atoms with Crippen LogP contribution in [0.4, 0.5) is 0 Å². The van der Waals surface area contributed by atoms with Crippen LogP contribution >= 0.6 is 0 Å². The van der Waals surface area contributed by atoms with Gasteiger partial charge in [-0.05, 0) is 24.5 Å². The summed E-state index contributed by atoms with van der Waals surface area (Å²) in [5, 5.41) is 14.5. The monoisotopic (exact) mass is 263 g/mol. The summed E-state index contributed by atoms with van der Waals surface area (Å²) < 4.78 is 0. The Morgan fingerprint density at radius 2 is 2.11 bits per heavy atom. The van der Waals surface area contributed by atoms with Gasteiger partial charge in [-0.25, -0.2) is 0 Å². The van der Waals surface area contributed by atoms with Crippen LogP contribution in [0.5, 0.6) is 0 Å². The number of amides is 1. The van der Waals surface area contributed by atoms with Crippen molar-refractivity contribution in [2.24, 2.45) is 10.9 Å². The molecule has 0 saturated carbocycles. The molecule has 104 valence electrons. The zero-order valence-electron chi connectivity index (χ0n) is 11.4. The van der Waals surface area contributed by atoms with Gasteiger partial charge in [-0.1, -0.05) is 43.6 Å². The number of nitrogens with one attached hydrogen (secondary N) is 1. The molecule has 19 heavy (non-hydrogen) atoms. The van der Waals surface area contributed by atoms with Gasteiger partial charge in [0.15, 0.2) is 5.84 Å². The lowest BCUT2D eigenvalue weighted by Gasteiger charge is -2.17. The summed E-state index contributed by atoms with van der Waals surface area (Å²) in [6.07, 6.45) is 2.25. The highest BCUT2D eigenvalue weighted by Crippen LogP contribution is 2.10. The molecule has 0 aliphatic carbocycles. The molecule has 1 unspecified atom stereocenters. The van der Waals surface area contributed by atoms with Crippen LogP contribution < -0.4 is 11.1 Å². The normalized spacial score (nSPS) is 13.1. The standard InChI is InChI=1S/C14H21N3O2/c1-3-7-12(13(15)17-19)16-14(18)11-9-6-5-8-10(11)4-2/h5-6,8-9,12,19H,3-4,7H2,1-2H3,(H2,15,17)(H,16,18). The summed E-state index contributed by atoms with van der Waals surface area (Å²) in [5.41, 5.74) is 7.20. The Morgan fingerprint density at radius 3 is 2.68 bits per heavy atom. The van der Waals surface area contributed by atoms with Crippen LogP contribution in [0.2, 0.25) is 0 Å². The fourth-order valence-corrected chi connectivity index (χ4v) is 1.94. The second-order valence-corrected chi connectivity index (χ2v) is 4.35. The molecule has 0 bridgehead atoms. The van der Waals surface area contributed by atoms with Crippen molar-refractivity contribution in [3.05, 3.63) is 35.4 Å². The molecule has 0 radical (unpaired) electrons. The number of hydrogen-bond donors (Lipinski definition) is 3. The highest BCUT2D eigenvalue weighted by molar-refractivity contribution is 5.99. The minimum absolute atomic E-state index is 0.0316. The van der Waals surface area contributed by atoms with Crippen molar-refractivity contribution in [2.75, 3.05) is 0 Å². The summed E-state index contributed by atoms with van der Waals surface area (Å²) in [4.78, 5) is 12.2. The fraction of sp³-hybridized carbons (Fsp3) is 0.429. The molecular weight excluding hydrogens is 242 g/mol. The van der Waals surface area contributed by atoms with Crippen molar-refractivity contribution in [2.45, 2.75) is 39.2 Å². The first-order valence-electron chi connectivity index (χ1n) is 6.50. The Morgan fingerprint density at radius 1 is 1.42 bits per heavy atom. The summed E-state index contributed by atoms with van der Waals surface area (Å²) >= 11 is 0. The van der Waals surface area contributed by atoms with E-state index < -0.39 is 6.04 Å². The van der Waals surface area contributed by atoms with Crippen molar-refractivity contribution in [1.82, 2.24) is 5.32 Å². The number of rotatable bonds is 6. The molecule has 0 saturated heterocycles. The molecule has 1 aromatic carbocycles. The average Bonchev–Trinajstić information content (AvgIpc) is 2.45. The van der Waals surface area contributed by atoms with Gasteiger partial charge in [-0.15, -0.1) is 0 Å².